The number of nitrogens with one attached hydrogen (secondary N) is 1. The van der Waals surface area contributed by atoms with E-state index in [0.29, 0.717) is 25.3 Å². The summed E-state index contributed by atoms with van der Waals surface area (Å²) in [4.78, 5) is 13.0. The maximum atomic E-state index is 13.2. The average Bonchev–Trinajstić information content (AvgIpc) is 2.85. The van der Waals surface area contributed by atoms with Crippen LogP contribution >= 0.6 is 0 Å². The molecular formula is C17H22FN3O2. The van der Waals surface area contributed by atoms with E-state index in [1.54, 1.807) is 17.0 Å². The van der Waals surface area contributed by atoms with Crippen molar-refractivity contribution in [2.75, 3.05) is 6.54 Å². The van der Waals surface area contributed by atoms with Crippen LogP contribution in [0.3, 0.4) is 0 Å². The molecule has 0 radical (unpaired) electrons. The summed E-state index contributed by atoms with van der Waals surface area (Å²) in [5, 5.41) is 7.13. The van der Waals surface area contributed by atoms with E-state index in [1.165, 1.54) is 12.1 Å². The van der Waals surface area contributed by atoms with Gasteiger partial charge < -0.3 is 9.64 Å². The molecule has 1 amide bonds. The molecule has 0 aliphatic rings. The molecule has 6 heteroatoms. The summed E-state index contributed by atoms with van der Waals surface area (Å²) in [6.45, 7) is 6.72. The van der Waals surface area contributed by atoms with Gasteiger partial charge in [-0.25, -0.2) is 4.39 Å². The number of amides is 1. The Morgan fingerprint density at radius 2 is 2.22 bits per heavy atom. The summed E-state index contributed by atoms with van der Waals surface area (Å²) >= 11 is 0. The summed E-state index contributed by atoms with van der Waals surface area (Å²) in [6.07, 6.45) is 1.29. The average molecular weight is 319 g/mol. The predicted molar refractivity (Wildman–Crippen MR) is 85.6 cm³/mol. The number of aromatic nitrogens is 2. The topological polar surface area (TPSA) is 58.2 Å². The fourth-order valence-corrected chi connectivity index (χ4v) is 2.27. The number of rotatable bonds is 8. The zero-order valence-electron chi connectivity index (χ0n) is 13.7. The SMILES string of the molecule is CCC(CN(C=O)Cc1n[nH]c(C)c1C)Oc1cccc(F)c1. The second kappa shape index (κ2) is 7.76. The number of benzene rings is 1. The van der Waals surface area contributed by atoms with E-state index in [0.717, 1.165) is 23.4 Å². The van der Waals surface area contributed by atoms with Crippen LogP contribution in [0.15, 0.2) is 24.3 Å². The van der Waals surface area contributed by atoms with Gasteiger partial charge >= 0.3 is 0 Å². The van der Waals surface area contributed by atoms with Crippen LogP contribution in [0.25, 0.3) is 0 Å². The van der Waals surface area contributed by atoms with E-state index in [9.17, 15) is 9.18 Å². The Bertz CT molecular complexity index is 657. The summed E-state index contributed by atoms with van der Waals surface area (Å²) in [5.74, 6) is 0.127. The predicted octanol–water partition coefficient (Wildman–Crippen LogP) is 2.98. The number of H-pyrrole nitrogens is 1. The highest BCUT2D eigenvalue weighted by atomic mass is 19.1. The third-order valence-electron chi connectivity index (χ3n) is 3.85. The Hall–Kier alpha value is -2.37. The molecule has 0 saturated carbocycles. The largest absolute Gasteiger partial charge is 0.488 e. The van der Waals surface area contributed by atoms with E-state index in [4.69, 9.17) is 4.74 Å². The van der Waals surface area contributed by atoms with Crippen LogP contribution in [0.2, 0.25) is 0 Å². The molecule has 1 aromatic carbocycles. The van der Waals surface area contributed by atoms with E-state index in [1.807, 2.05) is 20.8 Å². The molecule has 1 heterocycles. The Labute approximate surface area is 135 Å². The zero-order valence-corrected chi connectivity index (χ0v) is 13.7. The molecule has 1 atom stereocenters. The smallest absolute Gasteiger partial charge is 0.210 e. The molecule has 0 saturated heterocycles. The summed E-state index contributed by atoms with van der Waals surface area (Å²) < 4.78 is 19.0. The molecule has 5 nitrogen and oxygen atoms in total. The molecule has 1 N–H and O–H groups in total. The molecule has 23 heavy (non-hydrogen) atoms. The lowest BCUT2D eigenvalue weighted by Crippen LogP contribution is -2.34. The first-order valence-corrected chi connectivity index (χ1v) is 7.65. The Morgan fingerprint density at radius 3 is 2.78 bits per heavy atom. The highest BCUT2D eigenvalue weighted by molar-refractivity contribution is 5.47. The van der Waals surface area contributed by atoms with Crippen molar-refractivity contribution in [3.8, 4) is 5.75 Å². The highest BCUT2D eigenvalue weighted by Crippen LogP contribution is 2.16. The fraction of sp³-hybridized carbons (Fsp3) is 0.412. The van der Waals surface area contributed by atoms with Crippen molar-refractivity contribution in [1.29, 1.82) is 0 Å². The number of nitrogens with zero attached hydrogens (tertiary/aromatic N) is 2. The van der Waals surface area contributed by atoms with Crippen LogP contribution in [0.1, 0.15) is 30.3 Å². The molecule has 0 fully saturated rings. The molecular weight excluding hydrogens is 297 g/mol. The van der Waals surface area contributed by atoms with Gasteiger partial charge in [0.1, 0.15) is 17.7 Å². The lowest BCUT2D eigenvalue weighted by molar-refractivity contribution is -0.119. The third-order valence-corrected chi connectivity index (χ3v) is 3.85. The van der Waals surface area contributed by atoms with Gasteiger partial charge in [0.05, 0.1) is 18.8 Å². The minimum Gasteiger partial charge on any atom is -0.488 e. The molecule has 124 valence electrons. The lowest BCUT2D eigenvalue weighted by atomic mass is 10.2. The minimum absolute atomic E-state index is 0.206. The number of aryl methyl sites for hydroxylation is 1. The molecule has 1 unspecified atom stereocenters. The fourth-order valence-electron chi connectivity index (χ4n) is 2.27. The van der Waals surface area contributed by atoms with Gasteiger partial charge in [-0.2, -0.15) is 5.10 Å². The van der Waals surface area contributed by atoms with Gasteiger partial charge in [0, 0.05) is 11.8 Å². The molecule has 0 aliphatic carbocycles. The van der Waals surface area contributed by atoms with Crippen molar-refractivity contribution in [3.63, 3.8) is 0 Å². The van der Waals surface area contributed by atoms with Gasteiger partial charge in [0.25, 0.3) is 0 Å². The van der Waals surface area contributed by atoms with E-state index >= 15 is 0 Å². The highest BCUT2D eigenvalue weighted by Gasteiger charge is 2.16. The maximum absolute atomic E-state index is 13.2. The van der Waals surface area contributed by atoms with Crippen molar-refractivity contribution in [3.05, 3.63) is 47.0 Å². The number of carbonyl (C=O) groups is 1. The molecule has 0 aliphatic heterocycles. The Balaban J connectivity index is 2.00. The van der Waals surface area contributed by atoms with Gasteiger partial charge in [-0.3, -0.25) is 9.89 Å². The van der Waals surface area contributed by atoms with E-state index in [2.05, 4.69) is 10.2 Å². The van der Waals surface area contributed by atoms with Crippen LogP contribution in [0.4, 0.5) is 4.39 Å². The van der Waals surface area contributed by atoms with Crippen molar-refractivity contribution in [2.24, 2.45) is 0 Å². The van der Waals surface area contributed by atoms with Crippen molar-refractivity contribution in [2.45, 2.75) is 39.8 Å². The van der Waals surface area contributed by atoms with Crippen LogP contribution in [0.5, 0.6) is 5.75 Å². The molecule has 0 spiro atoms. The number of carbonyl (C=O) groups excluding carboxylic acids is 1. The van der Waals surface area contributed by atoms with E-state index in [-0.39, 0.29) is 11.9 Å². The van der Waals surface area contributed by atoms with Gasteiger partial charge in [-0.15, -0.1) is 0 Å². The molecule has 2 aromatic rings. The van der Waals surface area contributed by atoms with Gasteiger partial charge in [-0.1, -0.05) is 13.0 Å². The van der Waals surface area contributed by atoms with Crippen molar-refractivity contribution in [1.82, 2.24) is 15.1 Å². The monoisotopic (exact) mass is 319 g/mol. The standard InChI is InChI=1S/C17H22FN3O2/c1-4-15(23-16-7-5-6-14(18)8-16)9-21(11-22)10-17-12(2)13(3)19-20-17/h5-8,11,15H,4,9-10H2,1-3H3,(H,19,20). The van der Waals surface area contributed by atoms with Crippen LogP contribution < -0.4 is 4.74 Å². The number of hydrogen-bond acceptors (Lipinski definition) is 3. The summed E-state index contributed by atoms with van der Waals surface area (Å²) in [7, 11) is 0. The molecule has 0 bridgehead atoms. The first-order chi connectivity index (χ1) is 11.0. The minimum atomic E-state index is -0.341. The third kappa shape index (κ3) is 4.55. The summed E-state index contributed by atoms with van der Waals surface area (Å²) in [6, 6.07) is 6.02. The van der Waals surface area contributed by atoms with Gasteiger partial charge in [-0.05, 0) is 38.0 Å². The second-order valence-electron chi connectivity index (χ2n) is 5.56. The van der Waals surface area contributed by atoms with Crippen LogP contribution in [-0.2, 0) is 11.3 Å². The number of hydrogen-bond donors (Lipinski definition) is 1. The van der Waals surface area contributed by atoms with Crippen LogP contribution in [-0.4, -0.2) is 34.2 Å². The van der Waals surface area contributed by atoms with Crippen molar-refractivity contribution < 1.29 is 13.9 Å². The lowest BCUT2D eigenvalue weighted by Gasteiger charge is -2.24. The number of aromatic amines is 1. The second-order valence-corrected chi connectivity index (χ2v) is 5.56. The van der Waals surface area contributed by atoms with Crippen LogP contribution in [0, 0.1) is 19.7 Å². The van der Waals surface area contributed by atoms with Gasteiger partial charge in [0.15, 0.2) is 0 Å². The Kier molecular flexibility index (Phi) is 5.73. The Morgan fingerprint density at radius 1 is 1.43 bits per heavy atom. The number of halogens is 1. The quantitative estimate of drug-likeness (QED) is 0.761. The number of ether oxygens (including phenoxy) is 1. The molecule has 2 rings (SSSR count). The zero-order chi connectivity index (χ0) is 16.8. The first kappa shape index (κ1) is 17.0. The summed E-state index contributed by atoms with van der Waals surface area (Å²) in [5.41, 5.74) is 2.89. The van der Waals surface area contributed by atoms with Crippen molar-refractivity contribution >= 4 is 6.41 Å². The van der Waals surface area contributed by atoms with E-state index < -0.39 is 0 Å². The first-order valence-electron chi connectivity index (χ1n) is 7.65. The molecule has 1 aromatic heterocycles. The maximum Gasteiger partial charge on any atom is 0.210 e. The normalized spacial score (nSPS) is 12.0. The van der Waals surface area contributed by atoms with Gasteiger partial charge in [0.2, 0.25) is 6.41 Å².